The van der Waals surface area contributed by atoms with E-state index in [2.05, 4.69) is 0 Å². The molecule has 0 radical (unpaired) electrons. The molecule has 0 spiro atoms. The number of nitrogens with zero attached hydrogens (tertiary/aromatic N) is 1. The Morgan fingerprint density at radius 3 is 2.45 bits per heavy atom. The van der Waals surface area contributed by atoms with E-state index in [1.165, 1.54) is 36.1 Å². The number of Topliss-reactive ketones (excluding diaryl/α,β-unsaturated/α-hetero) is 1. The molecule has 0 aliphatic carbocycles. The third-order valence-corrected chi connectivity index (χ3v) is 3.33. The van der Waals surface area contributed by atoms with Crippen LogP contribution in [0.5, 0.6) is 0 Å². The van der Waals surface area contributed by atoms with Crippen LogP contribution in [0, 0.1) is 5.82 Å². The minimum atomic E-state index is -0.638. The fourth-order valence-electron chi connectivity index (χ4n) is 2.48. The number of aliphatic hydroxyl groups excluding tert-OH is 1. The van der Waals surface area contributed by atoms with Crippen molar-refractivity contribution in [2.45, 2.75) is 26.3 Å². The molecule has 1 aliphatic rings. The Balaban J connectivity index is 2.51. The first-order chi connectivity index (χ1) is 9.47. The zero-order valence-electron chi connectivity index (χ0n) is 11.4. The summed E-state index contributed by atoms with van der Waals surface area (Å²) in [5.41, 5.74) is 0.692. The molecule has 1 N–H and O–H groups in total. The molecule has 106 valence electrons. The van der Waals surface area contributed by atoms with E-state index in [0.717, 1.165) is 0 Å². The highest BCUT2D eigenvalue weighted by atomic mass is 19.1. The van der Waals surface area contributed by atoms with Crippen LogP contribution < -0.4 is 0 Å². The summed E-state index contributed by atoms with van der Waals surface area (Å²) in [6.07, 6.45) is 0.696. The van der Waals surface area contributed by atoms with Crippen molar-refractivity contribution in [3.05, 3.63) is 47.0 Å². The third-order valence-electron chi connectivity index (χ3n) is 3.33. The molecular weight excluding hydrogens is 261 g/mol. The van der Waals surface area contributed by atoms with Crippen molar-refractivity contribution in [3.63, 3.8) is 0 Å². The molecule has 0 bridgehead atoms. The lowest BCUT2D eigenvalue weighted by molar-refractivity contribution is -0.129. The molecule has 1 aromatic carbocycles. The van der Waals surface area contributed by atoms with E-state index in [0.29, 0.717) is 18.5 Å². The van der Waals surface area contributed by atoms with Gasteiger partial charge in [-0.25, -0.2) is 4.39 Å². The molecule has 1 heterocycles. The van der Waals surface area contributed by atoms with E-state index < -0.39 is 23.5 Å². The first-order valence-electron chi connectivity index (χ1n) is 6.47. The van der Waals surface area contributed by atoms with Crippen molar-refractivity contribution < 1.29 is 19.1 Å². The van der Waals surface area contributed by atoms with Gasteiger partial charge in [0.15, 0.2) is 11.5 Å². The Morgan fingerprint density at radius 2 is 1.95 bits per heavy atom. The predicted molar refractivity (Wildman–Crippen MR) is 71.5 cm³/mol. The highest BCUT2D eigenvalue weighted by Gasteiger charge is 2.41. The highest BCUT2D eigenvalue weighted by Crippen LogP contribution is 2.37. The Morgan fingerprint density at radius 1 is 1.35 bits per heavy atom. The summed E-state index contributed by atoms with van der Waals surface area (Å²) in [5, 5.41) is 9.90. The molecule has 0 saturated carbocycles. The normalized spacial score (nSPS) is 18.9. The highest BCUT2D eigenvalue weighted by molar-refractivity contribution is 6.08. The van der Waals surface area contributed by atoms with Crippen molar-refractivity contribution >= 4 is 11.7 Å². The maximum atomic E-state index is 13.0. The van der Waals surface area contributed by atoms with Gasteiger partial charge in [0.1, 0.15) is 5.82 Å². The van der Waals surface area contributed by atoms with Gasteiger partial charge in [0.2, 0.25) is 0 Å². The van der Waals surface area contributed by atoms with E-state index >= 15 is 0 Å². The van der Waals surface area contributed by atoms with Crippen LogP contribution in [-0.4, -0.2) is 28.2 Å². The molecule has 5 heteroatoms. The molecule has 0 aromatic heterocycles. The van der Waals surface area contributed by atoms with Crippen molar-refractivity contribution in [2.24, 2.45) is 0 Å². The minimum absolute atomic E-state index is 0.0788. The standard InChI is InChI=1S/C15H16FNO3/c1-3-8-17-13(10-4-6-11(16)7-5-10)12(9(2)18)14(19)15(17)20/h4-7,13,19H,3,8H2,1-2H3/t13-/m0/s1. The van der Waals surface area contributed by atoms with E-state index in [1.807, 2.05) is 6.92 Å². The van der Waals surface area contributed by atoms with Gasteiger partial charge < -0.3 is 10.0 Å². The van der Waals surface area contributed by atoms with Crippen LogP contribution in [0.15, 0.2) is 35.6 Å². The average molecular weight is 277 g/mol. The zero-order chi connectivity index (χ0) is 14.9. The number of ketones is 1. The van der Waals surface area contributed by atoms with Gasteiger partial charge in [-0.3, -0.25) is 9.59 Å². The molecule has 1 aromatic rings. The van der Waals surface area contributed by atoms with Gasteiger partial charge in [-0.1, -0.05) is 19.1 Å². The number of hydrogen-bond acceptors (Lipinski definition) is 3. The van der Waals surface area contributed by atoms with Crippen LogP contribution >= 0.6 is 0 Å². The Kier molecular flexibility index (Phi) is 3.88. The summed E-state index contributed by atoms with van der Waals surface area (Å²) >= 11 is 0. The lowest BCUT2D eigenvalue weighted by atomic mass is 9.96. The van der Waals surface area contributed by atoms with E-state index in [9.17, 15) is 19.1 Å². The molecule has 20 heavy (non-hydrogen) atoms. The monoisotopic (exact) mass is 277 g/mol. The molecule has 1 aliphatic heterocycles. The number of hydrogen-bond donors (Lipinski definition) is 1. The van der Waals surface area contributed by atoms with Crippen LogP contribution in [-0.2, 0) is 9.59 Å². The Labute approximate surface area is 116 Å². The Hall–Kier alpha value is -2.17. The summed E-state index contributed by atoms with van der Waals surface area (Å²) in [7, 11) is 0. The summed E-state index contributed by atoms with van der Waals surface area (Å²) in [6.45, 7) is 3.63. The van der Waals surface area contributed by atoms with Crippen molar-refractivity contribution in [1.29, 1.82) is 0 Å². The van der Waals surface area contributed by atoms with Crippen LogP contribution in [0.25, 0.3) is 0 Å². The molecule has 0 saturated heterocycles. The van der Waals surface area contributed by atoms with Gasteiger partial charge >= 0.3 is 0 Å². The molecule has 4 nitrogen and oxygen atoms in total. The van der Waals surface area contributed by atoms with Gasteiger partial charge in [0, 0.05) is 6.54 Å². The van der Waals surface area contributed by atoms with Crippen molar-refractivity contribution in [1.82, 2.24) is 4.90 Å². The van der Waals surface area contributed by atoms with Crippen LogP contribution in [0.1, 0.15) is 31.9 Å². The maximum absolute atomic E-state index is 13.0. The molecule has 1 atom stereocenters. The molecular formula is C15H16FNO3. The summed E-state index contributed by atoms with van der Waals surface area (Å²) in [5.74, 6) is -1.80. The topological polar surface area (TPSA) is 57.6 Å². The van der Waals surface area contributed by atoms with E-state index in [4.69, 9.17) is 0 Å². The third kappa shape index (κ3) is 2.31. The SMILES string of the molecule is CCCN1C(=O)C(O)=C(C(C)=O)[C@@H]1c1ccc(F)cc1. The smallest absolute Gasteiger partial charge is 0.290 e. The number of carbonyl (C=O) groups is 2. The zero-order valence-corrected chi connectivity index (χ0v) is 11.4. The van der Waals surface area contributed by atoms with E-state index in [-0.39, 0.29) is 11.4 Å². The Bertz CT molecular complexity index is 577. The summed E-state index contributed by atoms with van der Waals surface area (Å²) in [6, 6.07) is 4.96. The fourth-order valence-corrected chi connectivity index (χ4v) is 2.48. The number of benzene rings is 1. The summed E-state index contributed by atoms with van der Waals surface area (Å²) < 4.78 is 13.0. The fraction of sp³-hybridized carbons (Fsp3) is 0.333. The number of amides is 1. The van der Waals surface area contributed by atoms with Gasteiger partial charge in [0.25, 0.3) is 5.91 Å². The van der Waals surface area contributed by atoms with Gasteiger partial charge in [-0.05, 0) is 31.0 Å². The lowest BCUT2D eigenvalue weighted by Gasteiger charge is -2.26. The number of halogens is 1. The molecule has 0 unspecified atom stereocenters. The molecule has 0 fully saturated rings. The average Bonchev–Trinajstić information content (AvgIpc) is 2.65. The first-order valence-corrected chi connectivity index (χ1v) is 6.47. The predicted octanol–water partition coefficient (Wildman–Crippen LogP) is 2.52. The van der Waals surface area contributed by atoms with Crippen LogP contribution in [0.4, 0.5) is 4.39 Å². The van der Waals surface area contributed by atoms with Gasteiger partial charge in [-0.15, -0.1) is 0 Å². The van der Waals surface area contributed by atoms with Gasteiger partial charge in [-0.2, -0.15) is 0 Å². The van der Waals surface area contributed by atoms with Crippen LogP contribution in [0.2, 0.25) is 0 Å². The maximum Gasteiger partial charge on any atom is 0.290 e. The largest absolute Gasteiger partial charge is 0.503 e. The van der Waals surface area contributed by atoms with Gasteiger partial charge in [0.05, 0.1) is 11.6 Å². The van der Waals surface area contributed by atoms with Crippen molar-refractivity contribution in [2.75, 3.05) is 6.54 Å². The lowest BCUT2D eigenvalue weighted by Crippen LogP contribution is -2.31. The molecule has 2 rings (SSSR count). The second kappa shape index (κ2) is 5.45. The minimum Gasteiger partial charge on any atom is -0.503 e. The number of rotatable bonds is 4. The second-order valence-corrected chi connectivity index (χ2v) is 4.77. The number of aliphatic hydroxyl groups is 1. The van der Waals surface area contributed by atoms with E-state index in [1.54, 1.807) is 0 Å². The quantitative estimate of drug-likeness (QED) is 0.920. The van der Waals surface area contributed by atoms with Crippen molar-refractivity contribution in [3.8, 4) is 0 Å². The van der Waals surface area contributed by atoms with Crippen LogP contribution in [0.3, 0.4) is 0 Å². The summed E-state index contributed by atoms with van der Waals surface area (Å²) in [4.78, 5) is 25.2. The molecule has 1 amide bonds. The first kappa shape index (κ1) is 14.2. The number of carbonyl (C=O) groups excluding carboxylic acids is 2. The second-order valence-electron chi connectivity index (χ2n) is 4.77.